The molecule has 0 N–H and O–H groups in total. The van der Waals surface area contributed by atoms with Gasteiger partial charge in [0, 0.05) is 0 Å². The van der Waals surface area contributed by atoms with Crippen molar-refractivity contribution in [2.45, 2.75) is 19.8 Å². The lowest BCUT2D eigenvalue weighted by Crippen LogP contribution is -1.93. The summed E-state index contributed by atoms with van der Waals surface area (Å²) in [5.41, 5.74) is 2.58. The summed E-state index contributed by atoms with van der Waals surface area (Å²) in [6.45, 7) is 1.99. The minimum Gasteiger partial charge on any atom is -0.207 e. The molecule has 0 nitrogen and oxygen atoms in total. The van der Waals surface area contributed by atoms with E-state index >= 15 is 0 Å². The van der Waals surface area contributed by atoms with Gasteiger partial charge in [0.05, 0.1) is 5.56 Å². The number of aryl methyl sites for hydroxylation is 1. The van der Waals surface area contributed by atoms with Gasteiger partial charge >= 0.3 is 0 Å². The SMILES string of the molecule is CC=CCCc1ccc(-c2cc(F)c(-c3ccc(F)cc3)c(F)c2)cc1. The van der Waals surface area contributed by atoms with Crippen molar-refractivity contribution in [3.8, 4) is 22.3 Å². The maximum Gasteiger partial charge on any atom is 0.134 e. The number of allylic oxidation sites excluding steroid dienone is 2. The van der Waals surface area contributed by atoms with Crippen LogP contribution >= 0.6 is 0 Å². The molecular weight excluding hydrogens is 333 g/mol. The minimum absolute atomic E-state index is 0.142. The second kappa shape index (κ2) is 8.05. The van der Waals surface area contributed by atoms with Crippen LogP contribution in [0, 0.1) is 17.5 Å². The molecule has 26 heavy (non-hydrogen) atoms. The quantitative estimate of drug-likeness (QED) is 0.436. The summed E-state index contributed by atoms with van der Waals surface area (Å²) in [5, 5.41) is 0. The fourth-order valence-corrected chi connectivity index (χ4v) is 2.91. The average Bonchev–Trinajstić information content (AvgIpc) is 2.63. The second-order valence-corrected chi connectivity index (χ2v) is 6.13. The van der Waals surface area contributed by atoms with E-state index in [1.807, 2.05) is 37.3 Å². The van der Waals surface area contributed by atoms with Crippen LogP contribution in [-0.4, -0.2) is 0 Å². The summed E-state index contributed by atoms with van der Waals surface area (Å²) in [6, 6.07) is 15.4. The number of hydrogen-bond donors (Lipinski definition) is 0. The molecule has 0 saturated heterocycles. The minimum atomic E-state index is -0.663. The highest BCUT2D eigenvalue weighted by Gasteiger charge is 2.14. The molecule has 0 radical (unpaired) electrons. The van der Waals surface area contributed by atoms with Crippen LogP contribution in [0.5, 0.6) is 0 Å². The Morgan fingerprint density at radius 3 is 1.88 bits per heavy atom. The third-order valence-corrected chi connectivity index (χ3v) is 4.30. The van der Waals surface area contributed by atoms with Crippen LogP contribution in [-0.2, 0) is 6.42 Å². The summed E-state index contributed by atoms with van der Waals surface area (Å²) in [5.74, 6) is -1.77. The summed E-state index contributed by atoms with van der Waals surface area (Å²) >= 11 is 0. The molecule has 132 valence electrons. The number of hydrogen-bond acceptors (Lipinski definition) is 0. The Kier molecular flexibility index (Phi) is 5.57. The van der Waals surface area contributed by atoms with E-state index in [4.69, 9.17) is 0 Å². The van der Waals surface area contributed by atoms with Gasteiger partial charge in [-0.25, -0.2) is 13.2 Å². The van der Waals surface area contributed by atoms with Gasteiger partial charge in [-0.05, 0) is 66.3 Å². The maximum atomic E-state index is 14.5. The van der Waals surface area contributed by atoms with Crippen LogP contribution in [0.15, 0.2) is 72.8 Å². The van der Waals surface area contributed by atoms with Crippen molar-refractivity contribution in [2.75, 3.05) is 0 Å². The molecule has 0 amide bonds. The van der Waals surface area contributed by atoms with Crippen LogP contribution in [0.4, 0.5) is 13.2 Å². The number of benzene rings is 3. The Hall–Kier alpha value is -2.81. The molecule has 0 aromatic heterocycles. The van der Waals surface area contributed by atoms with Crippen LogP contribution in [0.25, 0.3) is 22.3 Å². The molecular formula is C23H19F3. The smallest absolute Gasteiger partial charge is 0.134 e. The zero-order valence-electron chi connectivity index (χ0n) is 14.5. The molecule has 0 bridgehead atoms. The molecule has 3 aromatic rings. The highest BCUT2D eigenvalue weighted by Crippen LogP contribution is 2.31. The van der Waals surface area contributed by atoms with Crippen molar-refractivity contribution in [3.05, 3.63) is 95.8 Å². The first-order valence-electron chi connectivity index (χ1n) is 8.54. The van der Waals surface area contributed by atoms with Gasteiger partial charge in [0.2, 0.25) is 0 Å². The summed E-state index contributed by atoms with van der Waals surface area (Å²) < 4.78 is 42.1. The molecule has 3 heteroatoms. The zero-order valence-corrected chi connectivity index (χ0v) is 14.5. The molecule has 0 atom stereocenters. The van der Waals surface area contributed by atoms with Gasteiger partial charge in [0.1, 0.15) is 17.5 Å². The Bertz CT molecular complexity index is 884. The zero-order chi connectivity index (χ0) is 18.5. The highest BCUT2D eigenvalue weighted by atomic mass is 19.1. The van der Waals surface area contributed by atoms with E-state index in [1.54, 1.807) is 0 Å². The monoisotopic (exact) mass is 352 g/mol. The molecule has 0 fully saturated rings. The molecule has 3 aromatic carbocycles. The second-order valence-electron chi connectivity index (χ2n) is 6.13. The van der Waals surface area contributed by atoms with Crippen LogP contribution in [0.2, 0.25) is 0 Å². The molecule has 0 aliphatic rings. The third-order valence-electron chi connectivity index (χ3n) is 4.30. The van der Waals surface area contributed by atoms with E-state index in [1.165, 1.54) is 42.0 Å². The van der Waals surface area contributed by atoms with Crippen LogP contribution in [0.3, 0.4) is 0 Å². The number of halogens is 3. The van der Waals surface area contributed by atoms with Crippen molar-refractivity contribution in [3.63, 3.8) is 0 Å². The molecule has 0 aliphatic carbocycles. The first-order chi connectivity index (χ1) is 12.6. The third kappa shape index (κ3) is 4.05. The Morgan fingerprint density at radius 2 is 1.31 bits per heavy atom. The van der Waals surface area contributed by atoms with Crippen molar-refractivity contribution in [2.24, 2.45) is 0 Å². The predicted molar refractivity (Wildman–Crippen MR) is 100 cm³/mol. The Balaban J connectivity index is 1.89. The Labute approximate surface area is 151 Å². The van der Waals surface area contributed by atoms with Gasteiger partial charge in [-0.2, -0.15) is 0 Å². The molecule has 3 rings (SSSR count). The van der Waals surface area contributed by atoms with Crippen molar-refractivity contribution in [1.82, 2.24) is 0 Å². The van der Waals surface area contributed by atoms with Gasteiger partial charge in [-0.1, -0.05) is 48.6 Å². The first kappa shape index (κ1) is 18.0. The molecule has 0 unspecified atom stereocenters. The van der Waals surface area contributed by atoms with Crippen molar-refractivity contribution in [1.29, 1.82) is 0 Å². The standard InChI is InChI=1S/C23H19F3/c1-2-3-4-5-16-6-8-17(9-7-16)19-14-21(25)23(22(26)15-19)18-10-12-20(24)13-11-18/h2-3,6-15H,4-5H2,1H3. The highest BCUT2D eigenvalue weighted by molar-refractivity contribution is 5.71. The maximum absolute atomic E-state index is 14.5. The predicted octanol–water partition coefficient (Wildman–Crippen LogP) is 6.95. The lowest BCUT2D eigenvalue weighted by molar-refractivity contribution is 0.590. The summed E-state index contributed by atoms with van der Waals surface area (Å²) in [7, 11) is 0. The fourth-order valence-electron chi connectivity index (χ4n) is 2.91. The average molecular weight is 352 g/mol. The van der Waals surface area contributed by atoms with Gasteiger partial charge in [-0.15, -0.1) is 0 Å². The number of rotatable bonds is 5. The first-order valence-corrected chi connectivity index (χ1v) is 8.54. The summed E-state index contributed by atoms with van der Waals surface area (Å²) in [4.78, 5) is 0. The topological polar surface area (TPSA) is 0 Å². The fraction of sp³-hybridized carbons (Fsp3) is 0.130. The summed E-state index contributed by atoms with van der Waals surface area (Å²) in [6.07, 6.45) is 6.01. The molecule has 0 aliphatic heterocycles. The van der Waals surface area contributed by atoms with Gasteiger partial charge < -0.3 is 0 Å². The molecule has 0 heterocycles. The van der Waals surface area contributed by atoms with Gasteiger partial charge in [0.15, 0.2) is 0 Å². The van der Waals surface area contributed by atoms with E-state index in [-0.39, 0.29) is 5.56 Å². The van der Waals surface area contributed by atoms with E-state index in [9.17, 15) is 13.2 Å². The van der Waals surface area contributed by atoms with E-state index < -0.39 is 17.5 Å². The largest absolute Gasteiger partial charge is 0.207 e. The van der Waals surface area contributed by atoms with E-state index in [0.29, 0.717) is 11.1 Å². The van der Waals surface area contributed by atoms with Crippen molar-refractivity contribution < 1.29 is 13.2 Å². The van der Waals surface area contributed by atoms with E-state index in [0.717, 1.165) is 18.4 Å². The van der Waals surface area contributed by atoms with Gasteiger partial charge in [-0.3, -0.25) is 0 Å². The molecule has 0 saturated carbocycles. The van der Waals surface area contributed by atoms with Crippen molar-refractivity contribution >= 4 is 0 Å². The van der Waals surface area contributed by atoms with Crippen LogP contribution < -0.4 is 0 Å². The molecule has 0 spiro atoms. The lowest BCUT2D eigenvalue weighted by Gasteiger charge is -2.09. The normalized spacial score (nSPS) is 11.2. The lowest BCUT2D eigenvalue weighted by atomic mass is 9.97. The Morgan fingerprint density at radius 1 is 0.731 bits per heavy atom. The van der Waals surface area contributed by atoms with Crippen LogP contribution in [0.1, 0.15) is 18.9 Å². The van der Waals surface area contributed by atoms with Gasteiger partial charge in [0.25, 0.3) is 0 Å². The van der Waals surface area contributed by atoms with E-state index in [2.05, 4.69) is 6.08 Å².